The summed E-state index contributed by atoms with van der Waals surface area (Å²) in [5, 5.41) is 0.381. The first-order valence-electron chi connectivity index (χ1n) is 15.9. The van der Waals surface area contributed by atoms with Crippen LogP contribution in [0.25, 0.3) is 0 Å². The molecule has 4 aliphatic rings. The summed E-state index contributed by atoms with van der Waals surface area (Å²) in [6, 6.07) is 0. The summed E-state index contributed by atoms with van der Waals surface area (Å²) < 4.78 is 5.52. The van der Waals surface area contributed by atoms with Crippen LogP contribution in [-0.4, -0.2) is 17.2 Å². The molecule has 3 saturated carbocycles. The molecule has 0 radical (unpaired) electrons. The number of carbonyl (C=O) groups is 1. The van der Waals surface area contributed by atoms with E-state index in [9.17, 15) is 4.79 Å². The molecule has 4 rings (SSSR count). The Morgan fingerprint density at radius 1 is 0.917 bits per heavy atom. The smallest absolute Gasteiger partial charge is 0.367 e. The summed E-state index contributed by atoms with van der Waals surface area (Å²) in [6.07, 6.45) is 26.8. The summed E-state index contributed by atoms with van der Waals surface area (Å²) in [6.45, 7) is 10.4. The average Bonchev–Trinajstić information content (AvgIpc) is 3.20. The van der Waals surface area contributed by atoms with Gasteiger partial charge >= 0.3 is 5.30 Å². The Balaban J connectivity index is 1.31. The van der Waals surface area contributed by atoms with Crippen LogP contribution in [0.15, 0.2) is 11.6 Å². The van der Waals surface area contributed by atoms with Crippen LogP contribution in [0.5, 0.6) is 0 Å². The molecule has 2 nitrogen and oxygen atoms in total. The molecule has 36 heavy (non-hydrogen) atoms. The highest BCUT2D eigenvalue weighted by Gasteiger charge is 2.58. The predicted octanol–water partition coefficient (Wildman–Crippen LogP) is 10.7. The van der Waals surface area contributed by atoms with Crippen molar-refractivity contribution in [1.29, 1.82) is 0 Å². The predicted molar refractivity (Wildman–Crippen MR) is 155 cm³/mol. The number of fused-ring (bicyclic) bond motifs is 5. The van der Waals surface area contributed by atoms with Gasteiger partial charge in [0.15, 0.2) is 0 Å². The van der Waals surface area contributed by atoms with Crippen molar-refractivity contribution >= 4 is 17.1 Å². The molecule has 206 valence electrons. The van der Waals surface area contributed by atoms with E-state index in [1.807, 2.05) is 0 Å². The number of carbonyl (C=O) groups excluding carboxylic acids is 1. The Morgan fingerprint density at radius 3 is 2.47 bits per heavy atom. The van der Waals surface area contributed by atoms with Gasteiger partial charge in [0.2, 0.25) is 0 Å². The number of unbranched alkanes of at least 4 members (excludes halogenated alkanes) is 7. The quantitative estimate of drug-likeness (QED) is 0.146. The van der Waals surface area contributed by atoms with Crippen LogP contribution in [-0.2, 0) is 4.74 Å². The van der Waals surface area contributed by atoms with E-state index in [2.05, 4.69) is 33.8 Å². The zero-order valence-electron chi connectivity index (χ0n) is 24.1. The summed E-state index contributed by atoms with van der Waals surface area (Å²) >= 11 is 1.49. The molecule has 0 saturated heterocycles. The summed E-state index contributed by atoms with van der Waals surface area (Å²) in [5.41, 5.74) is 2.67. The maximum Gasteiger partial charge on any atom is 0.367 e. The van der Waals surface area contributed by atoms with Crippen LogP contribution < -0.4 is 0 Å². The molecule has 0 aromatic heterocycles. The lowest BCUT2D eigenvalue weighted by Gasteiger charge is -2.58. The van der Waals surface area contributed by atoms with Crippen molar-refractivity contribution in [2.24, 2.45) is 34.5 Å². The molecule has 0 bridgehead atoms. The highest BCUT2D eigenvalue weighted by Crippen LogP contribution is 2.67. The molecule has 0 aliphatic heterocycles. The number of hydrogen-bond acceptors (Lipinski definition) is 3. The molecule has 4 aliphatic carbocycles. The highest BCUT2D eigenvalue weighted by molar-refractivity contribution is 8.13. The van der Waals surface area contributed by atoms with Crippen molar-refractivity contribution in [3.63, 3.8) is 0 Å². The monoisotopic (exact) mass is 516 g/mol. The topological polar surface area (TPSA) is 26.3 Å². The van der Waals surface area contributed by atoms with E-state index in [4.69, 9.17) is 4.74 Å². The molecule has 4 unspecified atom stereocenters. The summed E-state index contributed by atoms with van der Waals surface area (Å²) in [5.74, 6) is 3.69. The first-order valence-corrected chi connectivity index (χ1v) is 16.8. The van der Waals surface area contributed by atoms with Gasteiger partial charge in [0, 0.05) is 5.25 Å². The maximum absolute atomic E-state index is 12.4. The largest absolute Gasteiger partial charge is 0.458 e. The van der Waals surface area contributed by atoms with Crippen molar-refractivity contribution in [3.8, 4) is 0 Å². The van der Waals surface area contributed by atoms with Crippen molar-refractivity contribution in [2.75, 3.05) is 6.61 Å². The fraction of sp³-hybridized carbons (Fsp3) is 0.909. The van der Waals surface area contributed by atoms with E-state index >= 15 is 0 Å². The van der Waals surface area contributed by atoms with E-state index in [1.54, 1.807) is 5.57 Å². The van der Waals surface area contributed by atoms with E-state index in [0.717, 1.165) is 42.9 Å². The minimum absolute atomic E-state index is 0.0372. The van der Waals surface area contributed by atoms with Crippen LogP contribution >= 0.6 is 11.8 Å². The fourth-order valence-electron chi connectivity index (χ4n) is 9.16. The number of thioether (sulfide) groups is 1. The van der Waals surface area contributed by atoms with E-state index in [0.29, 0.717) is 22.7 Å². The molecular formula is C33H56O2S. The zero-order valence-corrected chi connectivity index (χ0v) is 24.9. The average molecular weight is 517 g/mol. The number of ether oxygens (including phenoxy) is 1. The molecule has 0 amide bonds. The van der Waals surface area contributed by atoms with E-state index in [-0.39, 0.29) is 5.30 Å². The van der Waals surface area contributed by atoms with Crippen LogP contribution in [0.3, 0.4) is 0 Å². The van der Waals surface area contributed by atoms with Crippen molar-refractivity contribution < 1.29 is 9.53 Å². The standard InChI is InChI=1S/C33H56O2S/c1-5-7-9-10-11-12-14-25-16-18-29-28-17-15-26-24-27(36-31(34)35-23-13-8-6-2)19-21-33(26,4)30(28)20-22-32(25,29)3/h15,25,27-30H,5-14,16-24H2,1-4H3/t25?,27-,28?,29?,30?,32+,33-/m0/s1. The van der Waals surface area contributed by atoms with Gasteiger partial charge in [0.25, 0.3) is 0 Å². The van der Waals surface area contributed by atoms with E-state index in [1.165, 1.54) is 108 Å². The van der Waals surface area contributed by atoms with Gasteiger partial charge in [0.1, 0.15) is 0 Å². The minimum Gasteiger partial charge on any atom is -0.458 e. The Kier molecular flexibility index (Phi) is 10.4. The lowest BCUT2D eigenvalue weighted by molar-refractivity contribution is -0.0421. The van der Waals surface area contributed by atoms with Gasteiger partial charge in [-0.3, -0.25) is 0 Å². The SMILES string of the molecule is CCCCCCCCC1CCC2C3CC=C4C[C@@H](SC(=O)OCCCCC)CC[C@]4(C)C3CC[C@]12C. The molecule has 3 fully saturated rings. The van der Waals surface area contributed by atoms with Gasteiger partial charge in [-0.1, -0.05) is 90.7 Å². The normalized spacial score (nSPS) is 37.6. The zero-order chi connectivity index (χ0) is 25.6. The van der Waals surface area contributed by atoms with Crippen LogP contribution in [0.1, 0.15) is 143 Å². The van der Waals surface area contributed by atoms with Gasteiger partial charge in [-0.15, -0.1) is 0 Å². The van der Waals surface area contributed by atoms with Gasteiger partial charge in [-0.25, -0.2) is 4.79 Å². The second kappa shape index (κ2) is 13.1. The second-order valence-corrected chi connectivity index (χ2v) is 14.7. The molecule has 0 spiro atoms. The summed E-state index contributed by atoms with van der Waals surface area (Å²) in [4.78, 5) is 12.4. The van der Waals surface area contributed by atoms with Crippen molar-refractivity contribution in [2.45, 2.75) is 149 Å². The third-order valence-corrected chi connectivity index (χ3v) is 12.4. The lowest BCUT2D eigenvalue weighted by atomic mass is 9.47. The molecule has 0 aromatic carbocycles. The van der Waals surface area contributed by atoms with Crippen LogP contribution in [0.4, 0.5) is 4.79 Å². The maximum atomic E-state index is 12.4. The second-order valence-electron chi connectivity index (χ2n) is 13.4. The van der Waals surface area contributed by atoms with Gasteiger partial charge < -0.3 is 4.74 Å². The van der Waals surface area contributed by atoms with E-state index < -0.39 is 0 Å². The Bertz CT molecular complexity index is 746. The Labute approximate surface area is 227 Å². The highest BCUT2D eigenvalue weighted by atomic mass is 32.2. The van der Waals surface area contributed by atoms with Gasteiger partial charge in [-0.2, -0.15) is 0 Å². The first-order chi connectivity index (χ1) is 17.4. The van der Waals surface area contributed by atoms with Crippen molar-refractivity contribution in [3.05, 3.63) is 11.6 Å². The Hall–Kier alpha value is -0.440. The Morgan fingerprint density at radius 2 is 1.67 bits per heavy atom. The first kappa shape index (κ1) is 28.6. The number of rotatable bonds is 12. The third-order valence-electron chi connectivity index (χ3n) is 11.4. The number of hydrogen-bond donors (Lipinski definition) is 0. The molecule has 0 heterocycles. The molecule has 0 aromatic rings. The number of allylic oxidation sites excluding steroid dienone is 2. The van der Waals surface area contributed by atoms with Gasteiger partial charge in [0.05, 0.1) is 6.61 Å². The molecule has 7 atom stereocenters. The van der Waals surface area contributed by atoms with Crippen LogP contribution in [0, 0.1) is 34.5 Å². The van der Waals surface area contributed by atoms with Crippen molar-refractivity contribution in [1.82, 2.24) is 0 Å². The molecule has 3 heteroatoms. The third kappa shape index (κ3) is 6.23. The fourth-order valence-corrected chi connectivity index (χ4v) is 10.1. The molecular weight excluding hydrogens is 460 g/mol. The van der Waals surface area contributed by atoms with Gasteiger partial charge in [-0.05, 0) is 110 Å². The molecule has 0 N–H and O–H groups in total. The summed E-state index contributed by atoms with van der Waals surface area (Å²) in [7, 11) is 0. The lowest BCUT2D eigenvalue weighted by Crippen LogP contribution is -2.50. The minimum atomic E-state index is -0.0372. The van der Waals surface area contributed by atoms with Crippen LogP contribution in [0.2, 0.25) is 0 Å².